The Balaban J connectivity index is 2.43. The van der Waals surface area contributed by atoms with Gasteiger partial charge in [-0.05, 0) is 12.1 Å². The molecule has 0 atom stereocenters. The van der Waals surface area contributed by atoms with Gasteiger partial charge < -0.3 is 4.74 Å². The van der Waals surface area contributed by atoms with Crippen LogP contribution >= 0.6 is 0 Å². The van der Waals surface area contributed by atoms with Gasteiger partial charge in [-0.1, -0.05) is 12.1 Å². The Morgan fingerprint density at radius 3 is 3.17 bits per heavy atom. The summed E-state index contributed by atoms with van der Waals surface area (Å²) in [5.41, 5.74) is 0.989. The maximum absolute atomic E-state index is 5.34. The van der Waals surface area contributed by atoms with Crippen LogP contribution in [0.1, 0.15) is 5.56 Å². The first-order chi connectivity index (χ1) is 5.97. The lowest BCUT2D eigenvalue weighted by molar-refractivity contribution is 0.331. The zero-order valence-electron chi connectivity index (χ0n) is 6.47. The minimum Gasteiger partial charge on any atom is -0.471 e. The fourth-order valence-corrected chi connectivity index (χ4v) is 1.02. The number of ether oxygens (including phenoxy) is 1. The summed E-state index contributed by atoms with van der Waals surface area (Å²) in [4.78, 5) is 7.86. The SMILES string of the molecule is C1=NC=NCOc2ccccc21. The highest BCUT2D eigenvalue weighted by molar-refractivity contribution is 5.88. The Morgan fingerprint density at radius 1 is 1.25 bits per heavy atom. The van der Waals surface area contributed by atoms with Gasteiger partial charge in [-0.2, -0.15) is 0 Å². The van der Waals surface area contributed by atoms with E-state index in [2.05, 4.69) is 9.98 Å². The molecule has 3 heteroatoms. The number of aliphatic imine (C=N–C) groups is 2. The second-order valence-corrected chi connectivity index (χ2v) is 2.39. The zero-order valence-corrected chi connectivity index (χ0v) is 6.47. The Morgan fingerprint density at radius 2 is 2.17 bits per heavy atom. The standard InChI is InChI=1S/C9H8N2O/c1-2-4-9-8(3-1)5-10-6-11-7-12-9/h1-6H,7H2. The van der Waals surface area contributed by atoms with E-state index in [0.717, 1.165) is 11.3 Å². The van der Waals surface area contributed by atoms with Crippen molar-refractivity contribution in [3.63, 3.8) is 0 Å². The van der Waals surface area contributed by atoms with Crippen molar-refractivity contribution in [3.05, 3.63) is 29.8 Å². The lowest BCUT2D eigenvalue weighted by Gasteiger charge is -2.06. The second kappa shape index (κ2) is 3.17. The third-order valence-corrected chi connectivity index (χ3v) is 1.58. The molecule has 0 spiro atoms. The lowest BCUT2D eigenvalue weighted by Crippen LogP contribution is -1.99. The first-order valence-corrected chi connectivity index (χ1v) is 3.70. The third-order valence-electron chi connectivity index (χ3n) is 1.58. The maximum Gasteiger partial charge on any atom is 0.180 e. The van der Waals surface area contributed by atoms with Crippen LogP contribution in [0.15, 0.2) is 34.3 Å². The van der Waals surface area contributed by atoms with Crippen molar-refractivity contribution in [1.29, 1.82) is 0 Å². The third kappa shape index (κ3) is 1.34. The van der Waals surface area contributed by atoms with E-state index in [1.54, 1.807) is 6.21 Å². The molecule has 0 saturated heterocycles. The molecule has 1 aromatic rings. The van der Waals surface area contributed by atoms with Crippen LogP contribution in [-0.2, 0) is 0 Å². The van der Waals surface area contributed by atoms with Crippen molar-refractivity contribution in [2.45, 2.75) is 0 Å². The number of fused-ring (bicyclic) bond motifs is 1. The van der Waals surface area contributed by atoms with Gasteiger partial charge in [0, 0.05) is 11.8 Å². The maximum atomic E-state index is 5.34. The summed E-state index contributed by atoms with van der Waals surface area (Å²) in [5.74, 6) is 0.832. The molecule has 60 valence electrons. The molecule has 1 heterocycles. The van der Waals surface area contributed by atoms with Crippen LogP contribution in [0.4, 0.5) is 0 Å². The van der Waals surface area contributed by atoms with Gasteiger partial charge in [0.1, 0.15) is 12.1 Å². The van der Waals surface area contributed by atoms with Crippen molar-refractivity contribution < 1.29 is 4.74 Å². The van der Waals surface area contributed by atoms with Crippen molar-refractivity contribution >= 4 is 12.6 Å². The van der Waals surface area contributed by atoms with Gasteiger partial charge in [0.15, 0.2) is 6.73 Å². The molecule has 3 nitrogen and oxygen atoms in total. The smallest absolute Gasteiger partial charge is 0.180 e. The van der Waals surface area contributed by atoms with Crippen LogP contribution in [-0.4, -0.2) is 19.3 Å². The fraction of sp³-hybridized carbons (Fsp3) is 0.111. The molecule has 1 aliphatic rings. The van der Waals surface area contributed by atoms with E-state index in [1.807, 2.05) is 24.3 Å². The van der Waals surface area contributed by atoms with Crippen molar-refractivity contribution in [3.8, 4) is 5.75 Å². The number of para-hydroxylation sites is 1. The van der Waals surface area contributed by atoms with Crippen molar-refractivity contribution in [1.82, 2.24) is 0 Å². The lowest BCUT2D eigenvalue weighted by atomic mass is 10.2. The Labute approximate surface area is 70.4 Å². The van der Waals surface area contributed by atoms with E-state index in [-0.39, 0.29) is 0 Å². The molecule has 0 aromatic heterocycles. The van der Waals surface area contributed by atoms with Gasteiger partial charge in [0.05, 0.1) is 0 Å². The summed E-state index contributed by atoms with van der Waals surface area (Å²) in [6.07, 6.45) is 3.23. The predicted molar refractivity (Wildman–Crippen MR) is 48.0 cm³/mol. The molecule has 1 aromatic carbocycles. The van der Waals surface area contributed by atoms with Gasteiger partial charge in [-0.25, -0.2) is 9.98 Å². The van der Waals surface area contributed by atoms with Crippen LogP contribution in [0.25, 0.3) is 0 Å². The summed E-state index contributed by atoms with van der Waals surface area (Å²) in [7, 11) is 0. The number of rotatable bonds is 0. The first-order valence-electron chi connectivity index (χ1n) is 3.70. The van der Waals surface area contributed by atoms with Gasteiger partial charge in [0.25, 0.3) is 0 Å². The molecule has 0 bridgehead atoms. The first kappa shape index (κ1) is 7.03. The molecular weight excluding hydrogens is 152 g/mol. The monoisotopic (exact) mass is 160 g/mol. The van der Waals surface area contributed by atoms with Gasteiger partial charge in [-0.15, -0.1) is 0 Å². The summed E-state index contributed by atoms with van der Waals surface area (Å²) in [6, 6.07) is 7.74. The Bertz CT molecular complexity index is 331. The Hall–Kier alpha value is -1.64. The molecule has 2 rings (SSSR count). The molecule has 0 radical (unpaired) electrons. The van der Waals surface area contributed by atoms with E-state index in [0.29, 0.717) is 6.73 Å². The van der Waals surface area contributed by atoms with Crippen LogP contribution in [0.5, 0.6) is 5.75 Å². The average molecular weight is 160 g/mol. The molecule has 1 aliphatic heterocycles. The minimum absolute atomic E-state index is 0.342. The van der Waals surface area contributed by atoms with Crippen molar-refractivity contribution in [2.24, 2.45) is 9.98 Å². The number of nitrogens with zero attached hydrogens (tertiary/aromatic N) is 2. The second-order valence-electron chi connectivity index (χ2n) is 2.39. The molecule has 0 aliphatic carbocycles. The van der Waals surface area contributed by atoms with E-state index in [4.69, 9.17) is 4.74 Å². The number of hydrogen-bond acceptors (Lipinski definition) is 3. The van der Waals surface area contributed by atoms with E-state index in [1.165, 1.54) is 6.34 Å². The van der Waals surface area contributed by atoms with Crippen LogP contribution in [0, 0.1) is 0 Å². The quantitative estimate of drug-likeness (QED) is 0.566. The number of hydrogen-bond donors (Lipinski definition) is 0. The largest absolute Gasteiger partial charge is 0.471 e. The summed E-state index contributed by atoms with van der Waals surface area (Å²) in [5, 5.41) is 0. The highest BCUT2D eigenvalue weighted by atomic mass is 16.5. The zero-order chi connectivity index (χ0) is 8.23. The average Bonchev–Trinajstić information content (AvgIpc) is 2.06. The molecule has 0 unspecified atom stereocenters. The highest BCUT2D eigenvalue weighted by Gasteiger charge is 1.99. The molecule has 0 saturated carbocycles. The van der Waals surface area contributed by atoms with Crippen molar-refractivity contribution in [2.75, 3.05) is 6.73 Å². The van der Waals surface area contributed by atoms with E-state index < -0.39 is 0 Å². The van der Waals surface area contributed by atoms with Crippen LogP contribution < -0.4 is 4.74 Å². The van der Waals surface area contributed by atoms with Crippen LogP contribution in [0.2, 0.25) is 0 Å². The molecule has 12 heavy (non-hydrogen) atoms. The predicted octanol–water partition coefficient (Wildman–Crippen LogP) is 1.48. The van der Waals surface area contributed by atoms with Crippen LogP contribution in [0.3, 0.4) is 0 Å². The van der Waals surface area contributed by atoms with E-state index >= 15 is 0 Å². The van der Waals surface area contributed by atoms with Gasteiger partial charge in [-0.3, -0.25) is 0 Å². The summed E-state index contributed by atoms with van der Waals surface area (Å²) >= 11 is 0. The highest BCUT2D eigenvalue weighted by Crippen LogP contribution is 2.16. The fourth-order valence-electron chi connectivity index (χ4n) is 1.02. The summed E-state index contributed by atoms with van der Waals surface area (Å²) < 4.78 is 5.34. The molecular formula is C9H8N2O. The topological polar surface area (TPSA) is 34.0 Å². The molecule has 0 amide bonds. The molecule has 0 fully saturated rings. The summed E-state index contributed by atoms with van der Waals surface area (Å²) in [6.45, 7) is 0.342. The number of benzene rings is 1. The normalized spacial score (nSPS) is 14.3. The molecule has 0 N–H and O–H groups in total. The Kier molecular flexibility index (Phi) is 1.86. The minimum atomic E-state index is 0.342. The van der Waals surface area contributed by atoms with Gasteiger partial charge >= 0.3 is 0 Å². The van der Waals surface area contributed by atoms with Gasteiger partial charge in [0.2, 0.25) is 0 Å². The van der Waals surface area contributed by atoms with E-state index in [9.17, 15) is 0 Å².